The Morgan fingerprint density at radius 1 is 1.20 bits per heavy atom. The van der Waals surface area contributed by atoms with Crippen LogP contribution in [0.25, 0.3) is 0 Å². The molecule has 0 spiro atoms. The van der Waals surface area contributed by atoms with Crippen LogP contribution < -0.4 is 0 Å². The highest BCUT2D eigenvalue weighted by atomic mass is 15.1. The van der Waals surface area contributed by atoms with Crippen molar-refractivity contribution in [2.45, 2.75) is 58.8 Å². The second kappa shape index (κ2) is 6.54. The molecule has 0 aliphatic carbocycles. The third-order valence-electron chi connectivity index (χ3n) is 2.72. The monoisotopic (exact) mass is 206 g/mol. The molecule has 1 heterocycles. The average Bonchev–Trinajstić information content (AvgIpc) is 2.25. The zero-order valence-electron chi connectivity index (χ0n) is 10.2. The summed E-state index contributed by atoms with van der Waals surface area (Å²) in [6.07, 6.45) is 8.05. The highest BCUT2D eigenvalue weighted by Crippen LogP contribution is 2.18. The van der Waals surface area contributed by atoms with E-state index in [1.807, 2.05) is 0 Å². The van der Waals surface area contributed by atoms with Crippen LogP contribution >= 0.6 is 0 Å². The Hall–Kier alpha value is -0.920. The van der Waals surface area contributed by atoms with Gasteiger partial charge in [0.1, 0.15) is 0 Å². The molecule has 0 atom stereocenters. The van der Waals surface area contributed by atoms with Crippen LogP contribution in [0.15, 0.2) is 12.3 Å². The zero-order valence-corrected chi connectivity index (χ0v) is 10.2. The molecule has 0 amide bonds. The van der Waals surface area contributed by atoms with Gasteiger partial charge in [-0.15, -0.1) is 0 Å². The van der Waals surface area contributed by atoms with Crippen LogP contribution in [-0.4, -0.2) is 10.2 Å². The maximum Gasteiger partial charge on any atom is 0.0665 e. The van der Waals surface area contributed by atoms with Gasteiger partial charge in [-0.05, 0) is 30.4 Å². The fourth-order valence-electron chi connectivity index (χ4n) is 1.81. The lowest BCUT2D eigenvalue weighted by Crippen LogP contribution is -2.01. The average molecular weight is 206 g/mol. The Morgan fingerprint density at radius 2 is 2.00 bits per heavy atom. The number of rotatable bonds is 6. The van der Waals surface area contributed by atoms with Crippen LogP contribution in [0.5, 0.6) is 0 Å². The topological polar surface area (TPSA) is 25.8 Å². The van der Waals surface area contributed by atoms with Crippen molar-refractivity contribution in [3.8, 4) is 0 Å². The summed E-state index contributed by atoms with van der Waals surface area (Å²) in [5.74, 6) is 0.557. The molecule has 0 fully saturated rings. The Bertz CT molecular complexity index is 282. The van der Waals surface area contributed by atoms with E-state index in [0.29, 0.717) is 5.92 Å². The van der Waals surface area contributed by atoms with E-state index >= 15 is 0 Å². The molecule has 0 aliphatic heterocycles. The van der Waals surface area contributed by atoms with Gasteiger partial charge in [0.05, 0.1) is 5.69 Å². The predicted molar refractivity (Wildman–Crippen MR) is 64.0 cm³/mol. The molecule has 1 aromatic rings. The van der Waals surface area contributed by atoms with E-state index in [1.165, 1.54) is 36.9 Å². The van der Waals surface area contributed by atoms with Crippen LogP contribution in [0.3, 0.4) is 0 Å². The SMILES string of the molecule is CCCCCCc1nnccc1C(C)C. The minimum Gasteiger partial charge on any atom is -0.159 e. The summed E-state index contributed by atoms with van der Waals surface area (Å²) in [6, 6.07) is 2.10. The first-order chi connectivity index (χ1) is 7.25. The first kappa shape index (κ1) is 12.2. The molecule has 0 aromatic carbocycles. The van der Waals surface area contributed by atoms with Gasteiger partial charge >= 0.3 is 0 Å². The van der Waals surface area contributed by atoms with Crippen molar-refractivity contribution < 1.29 is 0 Å². The van der Waals surface area contributed by atoms with E-state index in [4.69, 9.17) is 0 Å². The smallest absolute Gasteiger partial charge is 0.0665 e. The lowest BCUT2D eigenvalue weighted by Gasteiger charge is -2.09. The third-order valence-corrected chi connectivity index (χ3v) is 2.72. The molecule has 2 nitrogen and oxygen atoms in total. The van der Waals surface area contributed by atoms with Gasteiger partial charge in [0.25, 0.3) is 0 Å². The van der Waals surface area contributed by atoms with Crippen LogP contribution in [0.2, 0.25) is 0 Å². The highest BCUT2D eigenvalue weighted by Gasteiger charge is 2.07. The molecule has 0 bridgehead atoms. The van der Waals surface area contributed by atoms with Gasteiger partial charge in [-0.25, -0.2) is 0 Å². The van der Waals surface area contributed by atoms with Gasteiger partial charge in [0, 0.05) is 6.20 Å². The van der Waals surface area contributed by atoms with Crippen molar-refractivity contribution in [2.24, 2.45) is 0 Å². The maximum absolute atomic E-state index is 4.25. The van der Waals surface area contributed by atoms with Gasteiger partial charge in [-0.2, -0.15) is 10.2 Å². The molecule has 0 aliphatic rings. The van der Waals surface area contributed by atoms with Gasteiger partial charge in [-0.1, -0.05) is 40.0 Å². The molecule has 1 aromatic heterocycles. The molecule has 2 heteroatoms. The van der Waals surface area contributed by atoms with Crippen LogP contribution in [0.1, 0.15) is 63.6 Å². The Balaban J connectivity index is 2.52. The first-order valence-electron chi connectivity index (χ1n) is 6.06. The summed E-state index contributed by atoms with van der Waals surface area (Å²) in [4.78, 5) is 0. The van der Waals surface area contributed by atoms with Gasteiger partial charge in [0.2, 0.25) is 0 Å². The van der Waals surface area contributed by atoms with E-state index < -0.39 is 0 Å². The number of nitrogens with zero attached hydrogens (tertiary/aromatic N) is 2. The fraction of sp³-hybridized carbons (Fsp3) is 0.692. The summed E-state index contributed by atoms with van der Waals surface area (Å²) >= 11 is 0. The maximum atomic E-state index is 4.25. The summed E-state index contributed by atoms with van der Waals surface area (Å²) < 4.78 is 0. The molecule has 0 saturated carbocycles. The van der Waals surface area contributed by atoms with Gasteiger partial charge < -0.3 is 0 Å². The molecule has 1 rings (SSSR count). The van der Waals surface area contributed by atoms with Gasteiger partial charge in [0.15, 0.2) is 0 Å². The molecule has 0 radical (unpaired) electrons. The number of aromatic nitrogens is 2. The van der Waals surface area contributed by atoms with Crippen molar-refractivity contribution in [3.05, 3.63) is 23.5 Å². The van der Waals surface area contributed by atoms with E-state index in [-0.39, 0.29) is 0 Å². The van der Waals surface area contributed by atoms with Crippen molar-refractivity contribution in [2.75, 3.05) is 0 Å². The predicted octanol–water partition coefficient (Wildman–Crippen LogP) is 3.72. The number of unbranched alkanes of at least 4 members (excludes halogenated alkanes) is 3. The highest BCUT2D eigenvalue weighted by molar-refractivity contribution is 5.20. The number of aryl methyl sites for hydroxylation is 1. The lowest BCUT2D eigenvalue weighted by molar-refractivity contribution is 0.648. The van der Waals surface area contributed by atoms with Crippen molar-refractivity contribution in [1.29, 1.82) is 0 Å². The van der Waals surface area contributed by atoms with Crippen molar-refractivity contribution in [3.63, 3.8) is 0 Å². The quantitative estimate of drug-likeness (QED) is 0.663. The van der Waals surface area contributed by atoms with Gasteiger partial charge in [-0.3, -0.25) is 0 Å². The van der Waals surface area contributed by atoms with Crippen LogP contribution in [0.4, 0.5) is 0 Å². The molecule has 15 heavy (non-hydrogen) atoms. The minimum absolute atomic E-state index is 0.557. The molecular weight excluding hydrogens is 184 g/mol. The lowest BCUT2D eigenvalue weighted by atomic mass is 9.99. The normalized spacial score (nSPS) is 10.9. The molecule has 84 valence electrons. The van der Waals surface area contributed by atoms with Crippen LogP contribution in [-0.2, 0) is 6.42 Å². The van der Waals surface area contributed by atoms with E-state index in [0.717, 1.165) is 6.42 Å². The largest absolute Gasteiger partial charge is 0.159 e. The second-order valence-corrected chi connectivity index (χ2v) is 4.40. The van der Waals surface area contributed by atoms with Crippen LogP contribution in [0, 0.1) is 0 Å². The zero-order chi connectivity index (χ0) is 11.1. The number of hydrogen-bond acceptors (Lipinski definition) is 2. The van der Waals surface area contributed by atoms with E-state index in [9.17, 15) is 0 Å². The van der Waals surface area contributed by atoms with E-state index in [2.05, 4.69) is 37.0 Å². The number of hydrogen-bond donors (Lipinski definition) is 0. The Kier molecular flexibility index (Phi) is 5.30. The van der Waals surface area contributed by atoms with E-state index in [1.54, 1.807) is 6.20 Å². The molecular formula is C13H22N2. The molecule has 0 saturated heterocycles. The summed E-state index contributed by atoms with van der Waals surface area (Å²) in [7, 11) is 0. The minimum atomic E-state index is 0.557. The van der Waals surface area contributed by atoms with Crippen molar-refractivity contribution >= 4 is 0 Å². The summed E-state index contributed by atoms with van der Waals surface area (Å²) in [5.41, 5.74) is 2.56. The summed E-state index contributed by atoms with van der Waals surface area (Å²) in [6.45, 7) is 6.67. The fourth-order valence-corrected chi connectivity index (χ4v) is 1.81. The Morgan fingerprint density at radius 3 is 2.67 bits per heavy atom. The second-order valence-electron chi connectivity index (χ2n) is 4.40. The molecule has 0 N–H and O–H groups in total. The Labute approximate surface area is 93.1 Å². The third kappa shape index (κ3) is 3.98. The first-order valence-corrected chi connectivity index (χ1v) is 6.06. The molecule has 0 unspecified atom stereocenters. The van der Waals surface area contributed by atoms with Crippen molar-refractivity contribution in [1.82, 2.24) is 10.2 Å². The summed E-state index contributed by atoms with van der Waals surface area (Å²) in [5, 5.41) is 8.22. The standard InChI is InChI=1S/C13H22N2/c1-4-5-6-7-8-13-12(11(2)3)9-10-14-15-13/h9-11H,4-8H2,1-3H3.